The van der Waals surface area contributed by atoms with Crippen molar-refractivity contribution in [2.75, 3.05) is 0 Å². The maximum Gasteiger partial charge on any atom is -0.00918 e. The van der Waals surface area contributed by atoms with Gasteiger partial charge < -0.3 is 0 Å². The van der Waals surface area contributed by atoms with E-state index < -0.39 is 0 Å². The molecule has 0 radical (unpaired) electrons. The van der Waals surface area contributed by atoms with Gasteiger partial charge in [-0.25, -0.2) is 0 Å². The molecule has 0 aromatic rings. The van der Waals surface area contributed by atoms with E-state index in [1.54, 1.807) is 0 Å². The number of hydrogen-bond acceptors (Lipinski definition) is 0. The van der Waals surface area contributed by atoms with Crippen molar-refractivity contribution in [1.29, 1.82) is 0 Å². The van der Waals surface area contributed by atoms with E-state index in [0.29, 0.717) is 5.41 Å². The average Bonchev–Trinajstić information content (AvgIpc) is 2.99. The van der Waals surface area contributed by atoms with E-state index in [2.05, 4.69) is 51.5 Å². The zero-order valence-corrected chi connectivity index (χ0v) is 11.9. The Labute approximate surface area is 107 Å². The molecule has 2 atom stereocenters. The predicted octanol–water partition coefficient (Wildman–Crippen LogP) is 5.27. The highest BCUT2D eigenvalue weighted by Gasteiger charge is 2.37. The summed E-state index contributed by atoms with van der Waals surface area (Å²) < 4.78 is 0. The van der Waals surface area contributed by atoms with Gasteiger partial charge in [0.2, 0.25) is 0 Å². The van der Waals surface area contributed by atoms with Crippen LogP contribution in [0.3, 0.4) is 0 Å². The first-order valence-corrected chi connectivity index (χ1v) is 6.80. The van der Waals surface area contributed by atoms with Gasteiger partial charge in [-0.1, -0.05) is 45.1 Å². The quantitative estimate of drug-likeness (QED) is 0.446. The first-order valence-electron chi connectivity index (χ1n) is 6.80. The SMILES string of the molecule is C=C=C=C=C(C)C1CC1CCCCC(C)(C)C. The van der Waals surface area contributed by atoms with Gasteiger partial charge in [-0.15, -0.1) is 0 Å². The van der Waals surface area contributed by atoms with Crippen molar-refractivity contribution in [3.8, 4) is 0 Å². The summed E-state index contributed by atoms with van der Waals surface area (Å²) in [7, 11) is 0. The number of hydrogen-bond donors (Lipinski definition) is 0. The lowest BCUT2D eigenvalue weighted by molar-refractivity contribution is 0.355. The monoisotopic (exact) mass is 230 g/mol. The second-order valence-corrected chi connectivity index (χ2v) is 6.52. The summed E-state index contributed by atoms with van der Waals surface area (Å²) in [5.41, 5.74) is 10.4. The fraction of sp³-hybridized carbons (Fsp3) is 0.706. The van der Waals surface area contributed by atoms with Crippen LogP contribution in [-0.2, 0) is 0 Å². The van der Waals surface area contributed by atoms with E-state index in [1.807, 2.05) is 0 Å². The zero-order chi connectivity index (χ0) is 12.9. The fourth-order valence-electron chi connectivity index (χ4n) is 2.39. The Hall–Kier alpha value is -0.920. The molecule has 1 aliphatic rings. The highest BCUT2D eigenvalue weighted by molar-refractivity contribution is 5.12. The molecule has 0 amide bonds. The number of unbranched alkanes of at least 4 members (excludes halogenated alkanes) is 1. The third-order valence-electron chi connectivity index (χ3n) is 3.58. The predicted molar refractivity (Wildman–Crippen MR) is 74.9 cm³/mol. The van der Waals surface area contributed by atoms with Crippen LogP contribution < -0.4 is 0 Å². The average molecular weight is 230 g/mol. The maximum absolute atomic E-state index is 3.50. The molecule has 1 rings (SSSR count). The maximum atomic E-state index is 3.50. The summed E-state index contributed by atoms with van der Waals surface area (Å²) in [6.07, 6.45) is 6.84. The van der Waals surface area contributed by atoms with Gasteiger partial charge >= 0.3 is 0 Å². The summed E-state index contributed by atoms with van der Waals surface area (Å²) >= 11 is 0. The smallest absolute Gasteiger partial charge is 0.00918 e. The molecular weight excluding hydrogens is 204 g/mol. The van der Waals surface area contributed by atoms with Crippen LogP contribution in [0.4, 0.5) is 0 Å². The van der Waals surface area contributed by atoms with Crippen LogP contribution in [0.2, 0.25) is 0 Å². The second kappa shape index (κ2) is 6.13. The molecule has 2 unspecified atom stereocenters. The van der Waals surface area contributed by atoms with E-state index in [-0.39, 0.29) is 0 Å². The molecular formula is C17H26. The molecule has 1 saturated carbocycles. The molecule has 0 N–H and O–H groups in total. The van der Waals surface area contributed by atoms with Crippen LogP contribution in [-0.4, -0.2) is 0 Å². The topological polar surface area (TPSA) is 0 Å². The van der Waals surface area contributed by atoms with Gasteiger partial charge in [0.05, 0.1) is 0 Å². The van der Waals surface area contributed by atoms with Gasteiger partial charge in [0.1, 0.15) is 0 Å². The Kier molecular flexibility index (Phi) is 5.10. The molecule has 1 aliphatic carbocycles. The number of allylic oxidation sites excluding steroid dienone is 1. The molecule has 17 heavy (non-hydrogen) atoms. The van der Waals surface area contributed by atoms with Gasteiger partial charge in [-0.3, -0.25) is 0 Å². The van der Waals surface area contributed by atoms with Crippen LogP contribution in [0.5, 0.6) is 0 Å². The molecule has 0 aromatic carbocycles. The van der Waals surface area contributed by atoms with E-state index in [0.717, 1.165) is 11.8 Å². The van der Waals surface area contributed by atoms with Gasteiger partial charge in [0.15, 0.2) is 0 Å². The molecule has 0 heterocycles. The normalized spacial score (nSPS) is 22.4. The van der Waals surface area contributed by atoms with E-state index in [1.165, 1.54) is 37.7 Å². The van der Waals surface area contributed by atoms with Crippen molar-refractivity contribution in [1.82, 2.24) is 0 Å². The third kappa shape index (κ3) is 5.81. The van der Waals surface area contributed by atoms with Crippen molar-refractivity contribution < 1.29 is 0 Å². The fourth-order valence-corrected chi connectivity index (χ4v) is 2.39. The molecule has 0 saturated heterocycles. The second-order valence-electron chi connectivity index (χ2n) is 6.52. The van der Waals surface area contributed by atoms with Crippen LogP contribution in [0.25, 0.3) is 0 Å². The van der Waals surface area contributed by atoms with E-state index in [9.17, 15) is 0 Å². The van der Waals surface area contributed by atoms with E-state index in [4.69, 9.17) is 0 Å². The van der Waals surface area contributed by atoms with Crippen LogP contribution in [0.15, 0.2) is 29.3 Å². The highest BCUT2D eigenvalue weighted by atomic mass is 14.4. The molecule has 0 bridgehead atoms. The molecule has 0 aliphatic heterocycles. The van der Waals surface area contributed by atoms with Crippen molar-refractivity contribution >= 4 is 0 Å². The number of rotatable bonds is 5. The van der Waals surface area contributed by atoms with Crippen LogP contribution in [0.1, 0.15) is 59.8 Å². The molecule has 94 valence electrons. The molecule has 1 fully saturated rings. The van der Waals surface area contributed by atoms with Gasteiger partial charge in [0, 0.05) is 0 Å². The summed E-state index contributed by atoms with van der Waals surface area (Å²) in [4.78, 5) is 0. The lowest BCUT2D eigenvalue weighted by Crippen LogP contribution is -2.04. The van der Waals surface area contributed by atoms with Crippen molar-refractivity contribution in [2.45, 2.75) is 59.8 Å². The van der Waals surface area contributed by atoms with Gasteiger partial charge in [0.25, 0.3) is 0 Å². The molecule has 0 spiro atoms. The highest BCUT2D eigenvalue weighted by Crippen LogP contribution is 2.46. The lowest BCUT2D eigenvalue weighted by Gasteiger charge is -2.17. The van der Waals surface area contributed by atoms with Crippen molar-refractivity contribution in [3.05, 3.63) is 29.3 Å². The Bertz CT molecular complexity index is 361. The summed E-state index contributed by atoms with van der Waals surface area (Å²) in [6, 6.07) is 0. The van der Waals surface area contributed by atoms with Gasteiger partial charge in [-0.2, -0.15) is 0 Å². The minimum atomic E-state index is 0.496. The Morgan fingerprint density at radius 2 is 2.00 bits per heavy atom. The van der Waals surface area contributed by atoms with Crippen LogP contribution >= 0.6 is 0 Å². The minimum Gasteiger partial charge on any atom is -0.0693 e. The standard InChI is InChI=1S/C17H26/c1-6-7-10-14(2)16-13-15(16)11-8-9-12-17(3,4)5/h15-16H,1,8-9,11-13H2,2-5H3. The van der Waals surface area contributed by atoms with Gasteiger partial charge in [-0.05, 0) is 61.3 Å². The Balaban J connectivity index is 2.21. The lowest BCUT2D eigenvalue weighted by atomic mass is 9.89. The molecule has 0 nitrogen and oxygen atoms in total. The van der Waals surface area contributed by atoms with Crippen molar-refractivity contribution in [2.24, 2.45) is 17.3 Å². The van der Waals surface area contributed by atoms with Crippen molar-refractivity contribution in [3.63, 3.8) is 0 Å². The van der Waals surface area contributed by atoms with E-state index >= 15 is 0 Å². The Morgan fingerprint density at radius 1 is 1.29 bits per heavy atom. The zero-order valence-electron chi connectivity index (χ0n) is 11.9. The first kappa shape index (κ1) is 14.1. The molecule has 0 heteroatoms. The first-order chi connectivity index (χ1) is 7.94. The third-order valence-corrected chi connectivity index (χ3v) is 3.58. The van der Waals surface area contributed by atoms with Crippen LogP contribution in [0, 0.1) is 17.3 Å². The summed E-state index contributed by atoms with van der Waals surface area (Å²) in [5, 5.41) is 0. The minimum absolute atomic E-state index is 0.496. The summed E-state index contributed by atoms with van der Waals surface area (Å²) in [6.45, 7) is 12.6. The summed E-state index contributed by atoms with van der Waals surface area (Å²) in [5.74, 6) is 1.68. The Morgan fingerprint density at radius 3 is 2.59 bits per heavy atom. The molecule has 0 aromatic heterocycles. The largest absolute Gasteiger partial charge is 0.0693 e.